The molecule has 0 aliphatic carbocycles. The van der Waals surface area contributed by atoms with Crippen molar-refractivity contribution in [3.8, 4) is 5.75 Å². The number of hydrogen-bond donors (Lipinski definition) is 1. The molecule has 0 aromatic heterocycles. The van der Waals surface area contributed by atoms with E-state index in [9.17, 15) is 4.79 Å². The van der Waals surface area contributed by atoms with Crippen molar-refractivity contribution in [2.24, 2.45) is 0 Å². The summed E-state index contributed by atoms with van der Waals surface area (Å²) in [6, 6.07) is 7.03. The summed E-state index contributed by atoms with van der Waals surface area (Å²) in [4.78, 5) is 12.8. The highest BCUT2D eigenvalue weighted by Crippen LogP contribution is 2.20. The third-order valence-electron chi connectivity index (χ3n) is 2.59. The van der Waals surface area contributed by atoms with Crippen molar-refractivity contribution in [2.75, 3.05) is 20.7 Å². The molecular weight excluding hydrogens is 218 g/mol. The van der Waals surface area contributed by atoms with Crippen molar-refractivity contribution < 1.29 is 14.6 Å². The molecule has 0 fully saturated rings. The van der Waals surface area contributed by atoms with Crippen LogP contribution in [0.1, 0.15) is 12.5 Å². The number of para-hydroxylation sites is 1. The van der Waals surface area contributed by atoms with Gasteiger partial charge in [-0.25, -0.2) is 0 Å². The second-order valence-corrected chi connectivity index (χ2v) is 4.06. The van der Waals surface area contributed by atoms with E-state index in [4.69, 9.17) is 9.84 Å². The fraction of sp³-hybridized carbons (Fsp3) is 0.462. The van der Waals surface area contributed by atoms with E-state index in [1.54, 1.807) is 19.0 Å². The lowest BCUT2D eigenvalue weighted by molar-refractivity contribution is -0.142. The maximum atomic E-state index is 11.1. The molecule has 0 amide bonds. The van der Waals surface area contributed by atoms with Gasteiger partial charge in [0, 0.05) is 6.42 Å². The largest absolute Gasteiger partial charge is 0.494 e. The summed E-state index contributed by atoms with van der Waals surface area (Å²) in [6.07, 6.45) is 0.443. The van der Waals surface area contributed by atoms with Crippen LogP contribution in [0, 0.1) is 0 Å². The number of likely N-dealkylation sites (N-methyl/N-ethyl adjacent to an activating group) is 1. The highest BCUT2D eigenvalue weighted by molar-refractivity contribution is 5.74. The predicted molar refractivity (Wildman–Crippen MR) is 66.4 cm³/mol. The molecule has 0 radical (unpaired) electrons. The van der Waals surface area contributed by atoms with E-state index >= 15 is 0 Å². The minimum Gasteiger partial charge on any atom is -0.494 e. The van der Waals surface area contributed by atoms with Gasteiger partial charge in [-0.3, -0.25) is 9.69 Å². The number of carboxylic acids is 1. The van der Waals surface area contributed by atoms with E-state index in [-0.39, 0.29) is 0 Å². The second-order valence-electron chi connectivity index (χ2n) is 4.06. The predicted octanol–water partition coefficient (Wildman–Crippen LogP) is 1.64. The molecule has 0 bridgehead atoms. The molecule has 4 nitrogen and oxygen atoms in total. The van der Waals surface area contributed by atoms with Crippen LogP contribution < -0.4 is 4.74 Å². The van der Waals surface area contributed by atoms with Gasteiger partial charge in [-0.05, 0) is 32.6 Å². The summed E-state index contributed by atoms with van der Waals surface area (Å²) in [5.74, 6) is -0.0515. The zero-order valence-corrected chi connectivity index (χ0v) is 10.5. The third-order valence-corrected chi connectivity index (χ3v) is 2.59. The van der Waals surface area contributed by atoms with Gasteiger partial charge in [-0.2, -0.15) is 0 Å². The minimum atomic E-state index is -0.818. The molecule has 94 valence electrons. The SMILES string of the molecule is CCOc1ccccc1C[C@H](C(=O)O)N(C)C. The molecule has 17 heavy (non-hydrogen) atoms. The van der Waals surface area contributed by atoms with Gasteiger partial charge >= 0.3 is 5.97 Å². The van der Waals surface area contributed by atoms with Crippen molar-refractivity contribution >= 4 is 5.97 Å². The number of aliphatic carboxylic acids is 1. The quantitative estimate of drug-likeness (QED) is 0.817. The Labute approximate surface area is 102 Å². The Morgan fingerprint density at radius 3 is 2.59 bits per heavy atom. The Bertz CT molecular complexity index is 377. The highest BCUT2D eigenvalue weighted by Gasteiger charge is 2.21. The molecule has 1 aromatic rings. The molecule has 0 unspecified atom stereocenters. The van der Waals surface area contributed by atoms with Crippen LogP contribution in [0.2, 0.25) is 0 Å². The number of hydrogen-bond acceptors (Lipinski definition) is 3. The Morgan fingerprint density at radius 1 is 1.41 bits per heavy atom. The summed E-state index contributed by atoms with van der Waals surface area (Å²) in [5.41, 5.74) is 0.926. The number of nitrogens with zero attached hydrogens (tertiary/aromatic N) is 1. The van der Waals surface area contributed by atoms with Crippen LogP contribution in [-0.4, -0.2) is 42.7 Å². The topological polar surface area (TPSA) is 49.8 Å². The third kappa shape index (κ3) is 3.75. The lowest BCUT2D eigenvalue weighted by Gasteiger charge is -2.21. The molecule has 0 heterocycles. The molecule has 1 N–H and O–H groups in total. The summed E-state index contributed by atoms with van der Waals surface area (Å²) >= 11 is 0. The summed E-state index contributed by atoms with van der Waals surface area (Å²) in [5, 5.41) is 9.14. The van der Waals surface area contributed by atoms with E-state index < -0.39 is 12.0 Å². The van der Waals surface area contributed by atoms with Gasteiger partial charge in [0.1, 0.15) is 11.8 Å². The van der Waals surface area contributed by atoms with E-state index in [0.29, 0.717) is 13.0 Å². The van der Waals surface area contributed by atoms with Crippen molar-refractivity contribution in [3.05, 3.63) is 29.8 Å². The Kier molecular flexibility index (Phi) is 4.97. The van der Waals surface area contributed by atoms with Gasteiger partial charge in [-0.1, -0.05) is 18.2 Å². The maximum absolute atomic E-state index is 11.1. The molecule has 0 aliphatic heterocycles. The molecule has 1 aromatic carbocycles. The van der Waals surface area contributed by atoms with Crippen molar-refractivity contribution in [1.29, 1.82) is 0 Å². The van der Waals surface area contributed by atoms with E-state index in [0.717, 1.165) is 11.3 Å². The van der Waals surface area contributed by atoms with Gasteiger partial charge in [0.15, 0.2) is 0 Å². The van der Waals surface area contributed by atoms with Crippen LogP contribution in [0.25, 0.3) is 0 Å². The van der Waals surface area contributed by atoms with Crippen LogP contribution in [0.5, 0.6) is 5.75 Å². The number of carbonyl (C=O) groups is 1. The van der Waals surface area contributed by atoms with Crippen LogP contribution in [-0.2, 0) is 11.2 Å². The van der Waals surface area contributed by atoms with Crippen molar-refractivity contribution in [3.63, 3.8) is 0 Å². The van der Waals surface area contributed by atoms with Crippen LogP contribution in [0.3, 0.4) is 0 Å². The lowest BCUT2D eigenvalue weighted by Crippen LogP contribution is -2.37. The van der Waals surface area contributed by atoms with Crippen LogP contribution in [0.4, 0.5) is 0 Å². The first-order valence-corrected chi connectivity index (χ1v) is 5.66. The zero-order valence-electron chi connectivity index (χ0n) is 10.5. The fourth-order valence-electron chi connectivity index (χ4n) is 1.67. The molecule has 4 heteroatoms. The number of ether oxygens (including phenoxy) is 1. The smallest absolute Gasteiger partial charge is 0.321 e. The average molecular weight is 237 g/mol. The van der Waals surface area contributed by atoms with Gasteiger partial charge < -0.3 is 9.84 Å². The van der Waals surface area contributed by atoms with E-state index in [2.05, 4.69) is 0 Å². The Balaban J connectivity index is 2.88. The molecule has 0 saturated heterocycles. The van der Waals surface area contributed by atoms with Gasteiger partial charge in [0.25, 0.3) is 0 Å². The first-order chi connectivity index (χ1) is 8.06. The van der Waals surface area contributed by atoms with Crippen molar-refractivity contribution in [1.82, 2.24) is 4.90 Å². The molecular formula is C13H19NO3. The van der Waals surface area contributed by atoms with E-state index in [1.165, 1.54) is 0 Å². The fourth-order valence-corrected chi connectivity index (χ4v) is 1.67. The van der Waals surface area contributed by atoms with Gasteiger partial charge in [0.05, 0.1) is 6.61 Å². The molecule has 1 rings (SSSR count). The monoisotopic (exact) mass is 237 g/mol. The number of rotatable bonds is 6. The summed E-state index contributed by atoms with van der Waals surface area (Å²) in [7, 11) is 3.53. The molecule has 0 saturated carbocycles. The first-order valence-electron chi connectivity index (χ1n) is 5.66. The summed E-state index contributed by atoms with van der Waals surface area (Å²) in [6.45, 7) is 2.49. The Hall–Kier alpha value is -1.55. The number of carboxylic acid groups (broad SMARTS) is 1. The average Bonchev–Trinajstić information content (AvgIpc) is 2.27. The van der Waals surface area contributed by atoms with Gasteiger partial charge in [-0.15, -0.1) is 0 Å². The van der Waals surface area contributed by atoms with Crippen LogP contribution >= 0.6 is 0 Å². The van der Waals surface area contributed by atoms with Crippen molar-refractivity contribution in [2.45, 2.75) is 19.4 Å². The number of benzene rings is 1. The lowest BCUT2D eigenvalue weighted by atomic mass is 10.0. The normalized spacial score (nSPS) is 12.5. The summed E-state index contributed by atoms with van der Waals surface area (Å²) < 4.78 is 5.49. The molecule has 0 spiro atoms. The van der Waals surface area contributed by atoms with Crippen LogP contribution in [0.15, 0.2) is 24.3 Å². The standard InChI is InChI=1S/C13H19NO3/c1-4-17-12-8-6-5-7-10(12)9-11(13(15)16)14(2)3/h5-8,11H,4,9H2,1-3H3,(H,15,16)/t11-/m1/s1. The molecule has 1 atom stereocenters. The maximum Gasteiger partial charge on any atom is 0.321 e. The minimum absolute atomic E-state index is 0.443. The van der Waals surface area contributed by atoms with Gasteiger partial charge in [0.2, 0.25) is 0 Å². The Morgan fingerprint density at radius 2 is 2.06 bits per heavy atom. The molecule has 0 aliphatic rings. The first kappa shape index (κ1) is 13.5. The highest BCUT2D eigenvalue weighted by atomic mass is 16.5. The van der Waals surface area contributed by atoms with E-state index in [1.807, 2.05) is 31.2 Å². The second kappa shape index (κ2) is 6.25. The zero-order chi connectivity index (χ0) is 12.8.